The summed E-state index contributed by atoms with van der Waals surface area (Å²) in [5, 5.41) is 18.6. The SMILES string of the molecule is Cc1c(NC(=S)NC(=O)/C=C/c2cccc3ccccc23)cccc1[N+](=O)[O-]. The van der Waals surface area contributed by atoms with E-state index < -0.39 is 10.8 Å². The highest BCUT2D eigenvalue weighted by molar-refractivity contribution is 7.80. The van der Waals surface area contributed by atoms with Gasteiger partial charge in [-0.25, -0.2) is 0 Å². The smallest absolute Gasteiger partial charge is 0.274 e. The first kappa shape index (κ1) is 19.2. The molecule has 0 aromatic heterocycles. The van der Waals surface area contributed by atoms with Gasteiger partial charge >= 0.3 is 0 Å². The molecular formula is C21H17N3O3S. The number of nitrogens with zero attached hydrogens (tertiary/aromatic N) is 1. The van der Waals surface area contributed by atoms with Crippen molar-refractivity contribution in [3.63, 3.8) is 0 Å². The lowest BCUT2D eigenvalue weighted by Crippen LogP contribution is -2.33. The number of carbonyl (C=O) groups is 1. The van der Waals surface area contributed by atoms with Crippen molar-refractivity contribution in [2.75, 3.05) is 5.32 Å². The highest BCUT2D eigenvalue weighted by Crippen LogP contribution is 2.25. The van der Waals surface area contributed by atoms with Gasteiger partial charge in [0.2, 0.25) is 5.91 Å². The van der Waals surface area contributed by atoms with Crippen LogP contribution in [0.3, 0.4) is 0 Å². The van der Waals surface area contributed by atoms with E-state index >= 15 is 0 Å². The number of benzene rings is 3. The van der Waals surface area contributed by atoms with Crippen LogP contribution in [-0.2, 0) is 4.79 Å². The maximum absolute atomic E-state index is 12.2. The minimum Gasteiger partial charge on any atom is -0.332 e. The summed E-state index contributed by atoms with van der Waals surface area (Å²) in [7, 11) is 0. The molecule has 0 aliphatic carbocycles. The third kappa shape index (κ3) is 4.39. The Labute approximate surface area is 167 Å². The van der Waals surface area contributed by atoms with Gasteiger partial charge in [0.05, 0.1) is 16.2 Å². The molecule has 0 atom stereocenters. The number of nitro benzene ring substituents is 1. The zero-order valence-electron chi connectivity index (χ0n) is 15.0. The van der Waals surface area contributed by atoms with Gasteiger partial charge in [0.1, 0.15) is 0 Å². The van der Waals surface area contributed by atoms with Gasteiger partial charge in [-0.15, -0.1) is 0 Å². The molecule has 0 spiro atoms. The van der Waals surface area contributed by atoms with E-state index in [1.807, 2.05) is 42.5 Å². The summed E-state index contributed by atoms with van der Waals surface area (Å²) in [6.45, 7) is 1.62. The zero-order valence-corrected chi connectivity index (χ0v) is 15.8. The van der Waals surface area contributed by atoms with E-state index in [1.165, 1.54) is 12.1 Å². The minimum absolute atomic E-state index is 0.0185. The van der Waals surface area contributed by atoms with Crippen molar-refractivity contribution in [3.05, 3.63) is 88.0 Å². The Balaban J connectivity index is 1.68. The van der Waals surface area contributed by atoms with Crippen LogP contribution in [0.5, 0.6) is 0 Å². The second-order valence-corrected chi connectivity index (χ2v) is 6.46. The fourth-order valence-electron chi connectivity index (χ4n) is 2.83. The monoisotopic (exact) mass is 391 g/mol. The highest BCUT2D eigenvalue weighted by Gasteiger charge is 2.14. The van der Waals surface area contributed by atoms with Crippen LogP contribution in [0.2, 0.25) is 0 Å². The predicted molar refractivity (Wildman–Crippen MR) is 115 cm³/mol. The number of nitro groups is 1. The summed E-state index contributed by atoms with van der Waals surface area (Å²) in [4.78, 5) is 22.7. The summed E-state index contributed by atoms with van der Waals surface area (Å²) < 4.78 is 0. The summed E-state index contributed by atoms with van der Waals surface area (Å²) in [6.07, 6.45) is 3.12. The van der Waals surface area contributed by atoms with Crippen LogP contribution in [0.1, 0.15) is 11.1 Å². The third-order valence-electron chi connectivity index (χ3n) is 4.22. The Morgan fingerprint density at radius 3 is 2.57 bits per heavy atom. The van der Waals surface area contributed by atoms with Crippen molar-refractivity contribution in [2.45, 2.75) is 6.92 Å². The van der Waals surface area contributed by atoms with E-state index in [1.54, 1.807) is 25.1 Å². The molecule has 0 saturated carbocycles. The van der Waals surface area contributed by atoms with Gasteiger partial charge in [0, 0.05) is 12.1 Å². The van der Waals surface area contributed by atoms with Crippen LogP contribution in [0, 0.1) is 17.0 Å². The third-order valence-corrected chi connectivity index (χ3v) is 4.43. The van der Waals surface area contributed by atoms with E-state index in [0.29, 0.717) is 11.3 Å². The lowest BCUT2D eigenvalue weighted by atomic mass is 10.0. The summed E-state index contributed by atoms with van der Waals surface area (Å²) in [5.41, 5.74) is 1.81. The largest absolute Gasteiger partial charge is 0.332 e. The van der Waals surface area contributed by atoms with Crippen LogP contribution < -0.4 is 10.6 Å². The van der Waals surface area contributed by atoms with Crippen LogP contribution >= 0.6 is 12.2 Å². The molecule has 0 saturated heterocycles. The van der Waals surface area contributed by atoms with Crippen molar-refractivity contribution >= 4 is 51.5 Å². The second-order valence-electron chi connectivity index (χ2n) is 6.05. The van der Waals surface area contributed by atoms with Gasteiger partial charge in [-0.1, -0.05) is 48.5 Å². The topological polar surface area (TPSA) is 84.3 Å². The highest BCUT2D eigenvalue weighted by atomic mass is 32.1. The maximum atomic E-state index is 12.2. The van der Waals surface area contributed by atoms with Gasteiger partial charge in [-0.05, 0) is 47.6 Å². The van der Waals surface area contributed by atoms with E-state index in [9.17, 15) is 14.9 Å². The average Bonchev–Trinajstić information content (AvgIpc) is 2.67. The van der Waals surface area contributed by atoms with Gasteiger partial charge in [-0.2, -0.15) is 0 Å². The van der Waals surface area contributed by atoms with Crippen LogP contribution in [-0.4, -0.2) is 15.9 Å². The molecule has 1 amide bonds. The molecule has 3 aromatic rings. The lowest BCUT2D eigenvalue weighted by molar-refractivity contribution is -0.385. The predicted octanol–water partition coefficient (Wildman–Crippen LogP) is 4.58. The van der Waals surface area contributed by atoms with E-state index in [2.05, 4.69) is 10.6 Å². The Morgan fingerprint density at radius 1 is 1.07 bits per heavy atom. The van der Waals surface area contributed by atoms with E-state index in [-0.39, 0.29) is 10.8 Å². The molecule has 0 unspecified atom stereocenters. The quantitative estimate of drug-likeness (QED) is 0.294. The van der Waals surface area contributed by atoms with Crippen LogP contribution in [0.25, 0.3) is 16.8 Å². The average molecular weight is 391 g/mol. The molecule has 0 aliphatic rings. The van der Waals surface area contributed by atoms with E-state index in [4.69, 9.17) is 12.2 Å². The molecule has 0 heterocycles. The molecule has 3 aromatic carbocycles. The van der Waals surface area contributed by atoms with Crippen LogP contribution in [0.15, 0.2) is 66.7 Å². The maximum Gasteiger partial charge on any atom is 0.274 e. The van der Waals surface area contributed by atoms with Gasteiger partial charge in [0.25, 0.3) is 5.69 Å². The number of hydrogen-bond acceptors (Lipinski definition) is 4. The molecule has 2 N–H and O–H groups in total. The standard InChI is InChI=1S/C21H17N3O3S/c1-14-18(10-5-11-19(14)24(26)27)22-21(28)23-20(25)13-12-16-8-4-7-15-6-2-3-9-17(15)16/h2-13H,1H3,(H2,22,23,25,28)/b13-12+. The van der Waals surface area contributed by atoms with Gasteiger partial charge < -0.3 is 5.32 Å². The molecule has 0 radical (unpaired) electrons. The van der Waals surface area contributed by atoms with Crippen molar-refractivity contribution in [1.29, 1.82) is 0 Å². The molecule has 7 heteroatoms. The number of nitrogens with one attached hydrogen (secondary N) is 2. The summed E-state index contributed by atoms with van der Waals surface area (Å²) >= 11 is 5.14. The van der Waals surface area contributed by atoms with Crippen molar-refractivity contribution in [2.24, 2.45) is 0 Å². The normalized spacial score (nSPS) is 10.8. The fraction of sp³-hybridized carbons (Fsp3) is 0.0476. The first-order chi connectivity index (χ1) is 13.5. The first-order valence-corrected chi connectivity index (χ1v) is 8.88. The van der Waals surface area contributed by atoms with Crippen molar-refractivity contribution in [3.8, 4) is 0 Å². The van der Waals surface area contributed by atoms with Gasteiger partial charge in [-0.3, -0.25) is 20.2 Å². The number of rotatable bonds is 4. The lowest BCUT2D eigenvalue weighted by Gasteiger charge is -2.10. The molecular weight excluding hydrogens is 374 g/mol. The summed E-state index contributed by atoms with van der Waals surface area (Å²) in [5.74, 6) is -0.395. The molecule has 6 nitrogen and oxygen atoms in total. The summed E-state index contributed by atoms with van der Waals surface area (Å²) in [6, 6.07) is 18.4. The molecule has 28 heavy (non-hydrogen) atoms. The zero-order chi connectivity index (χ0) is 20.1. The van der Waals surface area contributed by atoms with Gasteiger partial charge in [0.15, 0.2) is 5.11 Å². The fourth-order valence-corrected chi connectivity index (χ4v) is 3.04. The van der Waals surface area contributed by atoms with Crippen molar-refractivity contribution < 1.29 is 9.72 Å². The first-order valence-electron chi connectivity index (χ1n) is 8.47. The Hall–Kier alpha value is -3.58. The Kier molecular flexibility index (Phi) is 5.76. The number of fused-ring (bicyclic) bond motifs is 1. The molecule has 3 rings (SSSR count). The number of carbonyl (C=O) groups excluding carboxylic acids is 1. The minimum atomic E-state index is -0.463. The Morgan fingerprint density at radius 2 is 1.79 bits per heavy atom. The van der Waals surface area contributed by atoms with Crippen LogP contribution in [0.4, 0.5) is 11.4 Å². The molecule has 0 fully saturated rings. The second kappa shape index (κ2) is 8.41. The molecule has 140 valence electrons. The Bertz CT molecular complexity index is 1100. The number of thiocarbonyl (C=S) groups is 1. The molecule has 0 bridgehead atoms. The number of hydrogen-bond donors (Lipinski definition) is 2. The van der Waals surface area contributed by atoms with Crippen molar-refractivity contribution in [1.82, 2.24) is 5.32 Å². The number of amides is 1. The molecule has 0 aliphatic heterocycles. The number of anilines is 1. The van der Waals surface area contributed by atoms with E-state index in [0.717, 1.165) is 16.3 Å².